The highest BCUT2D eigenvalue weighted by Crippen LogP contribution is 2.44. The molecular formula is C69H85BN9O10. The van der Waals surface area contributed by atoms with E-state index in [0.717, 1.165) is 113 Å². The van der Waals surface area contributed by atoms with Crippen LogP contribution in [0.1, 0.15) is 167 Å². The van der Waals surface area contributed by atoms with Crippen molar-refractivity contribution >= 4 is 63.8 Å². The molecule has 0 unspecified atom stereocenters. The van der Waals surface area contributed by atoms with Gasteiger partial charge in [-0.3, -0.25) is 4.79 Å². The van der Waals surface area contributed by atoms with E-state index in [-0.39, 0.29) is 42.5 Å². The van der Waals surface area contributed by atoms with Crippen LogP contribution >= 0.6 is 0 Å². The molecule has 1 aliphatic heterocycles. The first-order chi connectivity index (χ1) is 42.7. The lowest BCUT2D eigenvalue weighted by Crippen LogP contribution is -2.40. The maximum Gasteiger partial charge on any atom is 0.335 e. The highest BCUT2D eigenvalue weighted by atomic mass is 16.5. The fourth-order valence-electron chi connectivity index (χ4n) is 11.7. The average Bonchev–Trinajstić information content (AvgIpc) is 1.57. The number of hydrogen-bond donors (Lipinski definition) is 6. The number of aromatic carboxylic acids is 1. The molecule has 89 heavy (non-hydrogen) atoms. The number of ether oxygens (including phenoxy) is 2. The summed E-state index contributed by atoms with van der Waals surface area (Å²) in [5.74, 6) is 2.99. The molecule has 1 amide bonds. The highest BCUT2D eigenvalue weighted by Gasteiger charge is 2.29. The number of hydrogen-bond acceptors (Lipinski definition) is 15. The maximum absolute atomic E-state index is 13.7. The topological polar surface area (TPSA) is 272 Å². The Hall–Kier alpha value is -8.46. The zero-order valence-electron chi connectivity index (χ0n) is 55.2. The molecule has 2 fully saturated rings. The van der Waals surface area contributed by atoms with Crippen molar-refractivity contribution in [1.29, 1.82) is 1.34 Å². The van der Waals surface area contributed by atoms with E-state index in [1.807, 2.05) is 103 Å². The Morgan fingerprint density at radius 3 is 1.37 bits per heavy atom. The number of amides is 1. The average molecular weight is 1210 g/mol. The van der Waals surface area contributed by atoms with Gasteiger partial charge in [-0.05, 0) is 150 Å². The maximum atomic E-state index is 13.7. The van der Waals surface area contributed by atoms with Crippen molar-refractivity contribution in [3.63, 3.8) is 0 Å². The van der Waals surface area contributed by atoms with Gasteiger partial charge in [0.05, 0.1) is 76.7 Å². The molecular weight excluding hydrogens is 1130 g/mol. The Kier molecular flexibility index (Phi) is 20.1. The van der Waals surface area contributed by atoms with Crippen molar-refractivity contribution in [1.82, 2.24) is 45.1 Å². The molecule has 10 aromatic rings. The summed E-state index contributed by atoms with van der Waals surface area (Å²) in [6.07, 6.45) is 6.76. The highest BCUT2D eigenvalue weighted by molar-refractivity contribution is 6.15. The molecule has 469 valence electrons. The van der Waals surface area contributed by atoms with Crippen LogP contribution in [0.25, 0.3) is 88.6 Å². The summed E-state index contributed by atoms with van der Waals surface area (Å²) in [6.45, 7) is 29.0. The molecule has 1 saturated carbocycles. The Morgan fingerprint density at radius 1 is 0.607 bits per heavy atom. The van der Waals surface area contributed by atoms with Gasteiger partial charge in [-0.15, -0.1) is 0 Å². The number of aromatic amines is 2. The van der Waals surface area contributed by atoms with Gasteiger partial charge in [-0.1, -0.05) is 85.0 Å². The number of fused-ring (bicyclic) bond motifs is 6. The van der Waals surface area contributed by atoms with Crippen LogP contribution in [0.2, 0.25) is 0 Å². The van der Waals surface area contributed by atoms with Gasteiger partial charge in [-0.2, -0.15) is 0 Å². The molecule has 1 aliphatic carbocycles. The number of carbonyl (C=O) groups is 2. The summed E-state index contributed by atoms with van der Waals surface area (Å²) in [4.78, 5) is 53.6. The number of piperidine rings is 1. The van der Waals surface area contributed by atoms with Crippen LogP contribution in [0.3, 0.4) is 0 Å². The molecule has 12 rings (SSSR count). The van der Waals surface area contributed by atoms with Crippen molar-refractivity contribution < 1.29 is 48.5 Å². The first-order valence-corrected chi connectivity index (χ1v) is 30.4. The van der Waals surface area contributed by atoms with Crippen LogP contribution in [-0.2, 0) is 10.8 Å². The summed E-state index contributed by atoms with van der Waals surface area (Å²) in [7, 11) is 3.54. The van der Waals surface area contributed by atoms with Crippen LogP contribution in [0.4, 0.5) is 0 Å². The van der Waals surface area contributed by atoms with Crippen LogP contribution in [0, 0.1) is 41.5 Å². The number of carboxylic acids is 1. The largest absolute Gasteiger partial charge is 0.496 e. The molecule has 6 N–H and O–H groups in total. The number of nitrogens with zero attached hydrogens (tertiary/aromatic N) is 7. The number of carboxylic acid groups (broad SMARTS) is 1. The number of carbonyl (C=O) groups excluding carboxylic acids is 1. The molecule has 2 aliphatic rings. The van der Waals surface area contributed by atoms with Crippen molar-refractivity contribution in [2.45, 2.75) is 165 Å². The minimum atomic E-state index is -0.978. The normalized spacial score (nSPS) is 14.0. The van der Waals surface area contributed by atoms with Crippen molar-refractivity contribution in [2.75, 3.05) is 27.3 Å². The quantitative estimate of drug-likeness (QED) is 0.0772. The summed E-state index contributed by atoms with van der Waals surface area (Å²) < 4.78 is 28.1. The van der Waals surface area contributed by atoms with E-state index in [1.54, 1.807) is 26.4 Å². The molecule has 4 aromatic carbocycles. The lowest BCUT2D eigenvalue weighted by molar-refractivity contribution is 0.0545. The van der Waals surface area contributed by atoms with Gasteiger partial charge in [0.1, 0.15) is 46.0 Å². The van der Waals surface area contributed by atoms with Gasteiger partial charge < -0.3 is 53.7 Å². The van der Waals surface area contributed by atoms with Crippen molar-refractivity contribution in [3.05, 3.63) is 117 Å². The lowest BCUT2D eigenvalue weighted by Gasteiger charge is -2.30. The second-order valence-corrected chi connectivity index (χ2v) is 24.7. The van der Waals surface area contributed by atoms with Gasteiger partial charge in [0.15, 0.2) is 0 Å². The first-order valence-electron chi connectivity index (χ1n) is 31.0. The summed E-state index contributed by atoms with van der Waals surface area (Å²) in [5, 5.41) is 47.5. The fraction of sp³-hybridized carbons (Fsp3) is 0.420. The monoisotopic (exact) mass is 1210 g/mol. The van der Waals surface area contributed by atoms with Crippen LogP contribution < -0.4 is 9.47 Å². The third-order valence-electron chi connectivity index (χ3n) is 16.3. The van der Waals surface area contributed by atoms with Gasteiger partial charge in [0, 0.05) is 64.0 Å². The third-order valence-corrected chi connectivity index (χ3v) is 16.3. The molecule has 19 nitrogen and oxygen atoms in total. The number of likely N-dealkylation sites (tertiary alicyclic amines) is 1. The Labute approximate surface area is 522 Å². The van der Waals surface area contributed by atoms with Gasteiger partial charge in [0.25, 0.3) is 13.9 Å². The summed E-state index contributed by atoms with van der Waals surface area (Å²) >= 11 is 0. The Balaban J connectivity index is 0.000000198. The number of aliphatic hydroxyl groups is 2. The minimum absolute atomic E-state index is 0.0269. The number of rotatable bonds is 8. The second kappa shape index (κ2) is 27.5. The number of methoxy groups -OCH3 is 2. The second-order valence-electron chi connectivity index (χ2n) is 24.7. The summed E-state index contributed by atoms with van der Waals surface area (Å²) in [6, 6.07) is 19.5. The summed E-state index contributed by atoms with van der Waals surface area (Å²) in [5.41, 5.74) is 13.6. The lowest BCUT2D eigenvalue weighted by atomic mass is 9.84. The van der Waals surface area contributed by atoms with Crippen molar-refractivity contribution in [3.8, 4) is 56.3 Å². The van der Waals surface area contributed by atoms with E-state index < -0.39 is 5.97 Å². The molecule has 0 spiro atoms. The number of H-pyrrole nitrogens is 2. The number of aliphatic hydroxyl groups excluding tert-OH is 2. The first kappa shape index (κ1) is 65.0. The zero-order chi connectivity index (χ0) is 65.7. The van der Waals surface area contributed by atoms with E-state index in [4.69, 9.17) is 44.9 Å². The molecule has 0 atom stereocenters. The van der Waals surface area contributed by atoms with Gasteiger partial charge in [-0.25, -0.2) is 24.7 Å². The minimum Gasteiger partial charge on any atom is -0.496 e. The fourth-order valence-corrected chi connectivity index (χ4v) is 11.7. The smallest absolute Gasteiger partial charge is 0.335 e. The van der Waals surface area contributed by atoms with E-state index in [1.165, 1.54) is 19.3 Å². The standard InChI is InChI=1S/C33H37N5O4.C28H28N4O4.C6H12O.C2H6.BH2O/c1-17-28(18(2)42-37-17)25-15-26-24(16-27(25)41-7)29-30(34-19(3)35-31(29)36-26)20-12-21(14-22(13-20)33(4,5)6)32(40)38-10-8-23(39)9-11-38;1-13-23(14(2)36-32-13)20-11-21-19(12-22(20)35-7)24-25(29-15(3)30-26(24)31-21)16-8-17(27(33)34)10-18(9-16)28(4,5)6;7-6-4-2-1-3-5-6;2*1-2/h12-16,23,39H,8-11H2,1-7H3,(H,34,35,36);8-12H,1-7H3,(H,33,34)(H,29,30,31);6-7H,1-5H2;1-2H3;1-2H/i;;;;1T. The molecule has 1 radical (unpaired) electrons. The number of nitrogens with one attached hydrogen (secondary N) is 2. The van der Waals surface area contributed by atoms with Gasteiger partial charge in [0.2, 0.25) is 0 Å². The Bertz CT molecular complexity index is 4180. The predicted molar refractivity (Wildman–Crippen MR) is 351 cm³/mol. The zero-order valence-corrected chi connectivity index (χ0v) is 54.2. The van der Waals surface area contributed by atoms with Crippen LogP contribution in [-0.4, -0.2) is 126 Å². The number of aryl methyl sites for hydroxylation is 6. The van der Waals surface area contributed by atoms with E-state index in [9.17, 15) is 19.8 Å². The van der Waals surface area contributed by atoms with E-state index >= 15 is 0 Å². The third kappa shape index (κ3) is 14.2. The van der Waals surface area contributed by atoms with E-state index in [2.05, 4.69) is 72.9 Å². The molecule has 6 aromatic heterocycles. The van der Waals surface area contributed by atoms with Crippen LogP contribution in [0.5, 0.6) is 11.5 Å². The molecule has 7 heterocycles. The number of benzene rings is 4. The molecule has 1 saturated heterocycles. The SMILES string of the molecule is CC.COc1cc2c(cc1-c1c(C)noc1C)[nH]c1nc(C)nc(-c3cc(C(=O)N4CCC(O)CC4)cc(C(C)(C)C)c3)c12.COc1cc2c(cc1-c1c(C)noc1C)[nH]c1nc(C)nc(-c3cc(C(=O)O)cc(C(C)(C)C)c3)c12.OC1CCCCC1.[3H][B]O. The van der Waals surface area contributed by atoms with Crippen molar-refractivity contribution in [2.24, 2.45) is 0 Å². The Morgan fingerprint density at radius 2 is 1.01 bits per heavy atom. The van der Waals surface area contributed by atoms with E-state index in [0.29, 0.717) is 77.4 Å². The predicted octanol–water partition coefficient (Wildman–Crippen LogP) is 13.8. The van der Waals surface area contributed by atoms with Crippen LogP contribution in [0.15, 0.2) is 69.7 Å². The number of aromatic nitrogens is 8. The van der Waals surface area contributed by atoms with Gasteiger partial charge >= 0.3 is 5.97 Å². The molecule has 0 bridgehead atoms. The molecule has 20 heteroatoms.